The number of ketones is 1. The van der Waals surface area contributed by atoms with Crippen LogP contribution in [-0.2, 0) is 0 Å². The Hall–Kier alpha value is -2.21. The van der Waals surface area contributed by atoms with E-state index in [1.807, 2.05) is 30.3 Å². The van der Waals surface area contributed by atoms with Crippen LogP contribution < -0.4 is 9.96 Å². The summed E-state index contributed by atoms with van der Waals surface area (Å²) in [5.41, 5.74) is 0.313. The first-order valence-corrected chi connectivity index (χ1v) is 7.82. The van der Waals surface area contributed by atoms with Crippen molar-refractivity contribution in [2.24, 2.45) is 0 Å². The minimum Gasteiger partial charge on any atom is -0.600 e. The van der Waals surface area contributed by atoms with Crippen molar-refractivity contribution in [3.05, 3.63) is 70.9 Å². The molecular weight excluding hydrogens is 306 g/mol. The first kappa shape index (κ1) is 18.1. The average Bonchev–Trinajstić information content (AvgIpc) is 2.59. The Balaban J connectivity index is 2.33. The highest BCUT2D eigenvalue weighted by atomic mass is 16.8. The first-order valence-electron chi connectivity index (χ1n) is 7.82. The van der Waals surface area contributed by atoms with Gasteiger partial charge < -0.3 is 9.94 Å². The van der Waals surface area contributed by atoms with Crippen LogP contribution in [0, 0.1) is 5.21 Å². The number of rotatable bonds is 7. The van der Waals surface area contributed by atoms with Crippen LogP contribution in [0.3, 0.4) is 0 Å². The molecule has 0 bridgehead atoms. The second-order valence-electron chi connectivity index (χ2n) is 6.35. The quantitative estimate of drug-likeness (QED) is 0.605. The van der Waals surface area contributed by atoms with Gasteiger partial charge in [0.25, 0.3) is 0 Å². The minimum atomic E-state index is -1.06. The molecule has 0 saturated carbocycles. The number of Topliss-reactive ketones (excluding diaryl/α,β-unsaturated/α-hetero) is 1. The maximum atomic E-state index is 12.7. The van der Waals surface area contributed by atoms with E-state index in [9.17, 15) is 15.2 Å². The molecule has 5 nitrogen and oxygen atoms in total. The summed E-state index contributed by atoms with van der Waals surface area (Å²) in [5, 5.41) is 20.4. The number of carbonyl (C=O) groups is 1. The Kier molecular flexibility index (Phi) is 5.72. The molecule has 0 amide bonds. The Morgan fingerprint density at radius 2 is 1.88 bits per heavy atom. The van der Waals surface area contributed by atoms with Crippen molar-refractivity contribution in [3.8, 4) is 5.75 Å². The van der Waals surface area contributed by atoms with Gasteiger partial charge >= 0.3 is 0 Å². The van der Waals surface area contributed by atoms with E-state index in [4.69, 9.17) is 4.74 Å². The van der Waals surface area contributed by atoms with Gasteiger partial charge in [-0.3, -0.25) is 4.79 Å². The summed E-state index contributed by atoms with van der Waals surface area (Å²) in [5.74, 6) is 0.0848. The molecule has 24 heavy (non-hydrogen) atoms. The van der Waals surface area contributed by atoms with Crippen LogP contribution in [0.25, 0.3) is 0 Å². The smallest absolute Gasteiger partial charge is 0.163 e. The fourth-order valence-corrected chi connectivity index (χ4v) is 2.72. The van der Waals surface area contributed by atoms with Crippen molar-refractivity contribution in [1.82, 2.24) is 0 Å². The monoisotopic (exact) mass is 329 g/mol. The third-order valence-corrected chi connectivity index (χ3v) is 4.41. The molecule has 0 aliphatic carbocycles. The molecule has 2 aromatic rings. The number of hydroxylamine groups is 2. The van der Waals surface area contributed by atoms with Crippen LogP contribution in [0.1, 0.15) is 42.1 Å². The molecule has 0 spiro atoms. The van der Waals surface area contributed by atoms with Crippen LogP contribution in [-0.4, -0.2) is 23.6 Å². The van der Waals surface area contributed by atoms with Gasteiger partial charge in [0.15, 0.2) is 5.78 Å². The zero-order valence-electron chi connectivity index (χ0n) is 14.2. The van der Waals surface area contributed by atoms with Crippen molar-refractivity contribution < 1.29 is 20.0 Å². The van der Waals surface area contributed by atoms with Gasteiger partial charge in [0.1, 0.15) is 11.3 Å². The van der Waals surface area contributed by atoms with Gasteiger partial charge in [0, 0.05) is 17.9 Å². The molecule has 2 N–H and O–H groups in total. The van der Waals surface area contributed by atoms with Crippen LogP contribution in [0.2, 0.25) is 0 Å². The van der Waals surface area contributed by atoms with Crippen molar-refractivity contribution in [1.29, 1.82) is 0 Å². The molecule has 0 fully saturated rings. The van der Waals surface area contributed by atoms with Crippen molar-refractivity contribution in [2.75, 3.05) is 7.11 Å². The maximum Gasteiger partial charge on any atom is 0.163 e. The van der Waals surface area contributed by atoms with E-state index in [1.54, 1.807) is 45.2 Å². The first-order chi connectivity index (χ1) is 11.4. The normalized spacial score (nSPS) is 14.0. The van der Waals surface area contributed by atoms with Gasteiger partial charge in [0.2, 0.25) is 0 Å². The summed E-state index contributed by atoms with van der Waals surface area (Å²) in [6.45, 7) is 3.32. The molecule has 0 aliphatic rings. The molecule has 0 aromatic heterocycles. The molecule has 0 heterocycles. The van der Waals surface area contributed by atoms with Gasteiger partial charge in [-0.2, -0.15) is 0 Å². The van der Waals surface area contributed by atoms with Gasteiger partial charge in [-0.15, -0.1) is 0 Å². The lowest BCUT2D eigenvalue weighted by atomic mass is 9.78. The number of quaternary nitrogens is 1. The van der Waals surface area contributed by atoms with E-state index in [0.717, 1.165) is 5.56 Å². The van der Waals surface area contributed by atoms with Crippen LogP contribution in [0.15, 0.2) is 54.6 Å². The summed E-state index contributed by atoms with van der Waals surface area (Å²) < 4.78 is 5.15. The predicted molar refractivity (Wildman–Crippen MR) is 91.3 cm³/mol. The number of nitrogens with one attached hydrogen (secondary N) is 1. The summed E-state index contributed by atoms with van der Waals surface area (Å²) in [6.07, 6.45) is 0.122. The molecule has 2 unspecified atom stereocenters. The van der Waals surface area contributed by atoms with E-state index in [-0.39, 0.29) is 12.2 Å². The number of carbonyl (C=O) groups excluding carboxylic acids is 1. The van der Waals surface area contributed by atoms with E-state index >= 15 is 0 Å². The fourth-order valence-electron chi connectivity index (χ4n) is 2.72. The third-order valence-electron chi connectivity index (χ3n) is 4.41. The molecule has 0 saturated heterocycles. The maximum absolute atomic E-state index is 12.7. The zero-order chi connectivity index (χ0) is 17.7. The number of benzene rings is 2. The van der Waals surface area contributed by atoms with Gasteiger partial charge in [-0.25, -0.2) is 10.4 Å². The molecule has 2 rings (SSSR count). The number of hydrogen-bond acceptors (Lipinski definition) is 4. The van der Waals surface area contributed by atoms with Crippen molar-refractivity contribution in [2.45, 2.75) is 31.7 Å². The van der Waals surface area contributed by atoms with E-state index < -0.39 is 16.7 Å². The summed E-state index contributed by atoms with van der Waals surface area (Å²) in [4.78, 5) is 12.7. The van der Waals surface area contributed by atoms with Gasteiger partial charge in [-0.05, 0) is 31.5 Å². The van der Waals surface area contributed by atoms with Crippen LogP contribution in [0.4, 0.5) is 0 Å². The number of methoxy groups -OCH3 is 1. The molecule has 5 heteroatoms. The molecule has 128 valence electrons. The standard InChI is InChI=1S/C19H23NO4/c1-19(2,20(22)23)17(14-8-5-4-6-9-14)13-18(21)15-10-7-11-16(12-15)24-3/h4-12,17,20,22H,13H2,1-3H3. The average molecular weight is 329 g/mol. The Morgan fingerprint density at radius 1 is 1.21 bits per heavy atom. The Labute approximate surface area is 142 Å². The van der Waals surface area contributed by atoms with Crippen LogP contribution >= 0.6 is 0 Å². The van der Waals surface area contributed by atoms with E-state index in [1.165, 1.54) is 0 Å². The fraction of sp³-hybridized carbons (Fsp3) is 0.316. The highest BCUT2D eigenvalue weighted by molar-refractivity contribution is 5.97. The zero-order valence-corrected chi connectivity index (χ0v) is 14.2. The van der Waals surface area contributed by atoms with E-state index in [2.05, 4.69) is 0 Å². The Bertz CT molecular complexity index is 683. The summed E-state index contributed by atoms with van der Waals surface area (Å²) in [7, 11) is 1.55. The second-order valence-corrected chi connectivity index (χ2v) is 6.35. The SMILES string of the molecule is COc1cccc(C(=O)CC(c2ccccc2)C(C)(C)[NH+]([O-])O)c1. The molecule has 0 aliphatic heterocycles. The van der Waals surface area contributed by atoms with Gasteiger partial charge in [0.05, 0.1) is 7.11 Å². The van der Waals surface area contributed by atoms with Crippen molar-refractivity contribution in [3.63, 3.8) is 0 Å². The van der Waals surface area contributed by atoms with Crippen molar-refractivity contribution >= 4 is 5.78 Å². The number of hydrogen-bond donors (Lipinski definition) is 2. The molecule has 0 radical (unpaired) electrons. The highest BCUT2D eigenvalue weighted by Crippen LogP contribution is 2.31. The largest absolute Gasteiger partial charge is 0.600 e. The number of ether oxygens (including phenoxy) is 1. The molecule has 2 atom stereocenters. The molecular formula is C19H23NO4. The van der Waals surface area contributed by atoms with Crippen LogP contribution in [0.5, 0.6) is 5.75 Å². The lowest BCUT2D eigenvalue weighted by Gasteiger charge is -2.38. The highest BCUT2D eigenvalue weighted by Gasteiger charge is 2.38. The predicted octanol–water partition coefficient (Wildman–Crippen LogP) is 2.60. The second kappa shape index (κ2) is 7.57. The minimum absolute atomic E-state index is 0.0999. The summed E-state index contributed by atoms with van der Waals surface area (Å²) in [6, 6.07) is 16.3. The lowest BCUT2D eigenvalue weighted by molar-refractivity contribution is -1.09. The third kappa shape index (κ3) is 4.00. The summed E-state index contributed by atoms with van der Waals surface area (Å²) >= 11 is 0. The lowest BCUT2D eigenvalue weighted by Crippen LogP contribution is -3.13. The van der Waals surface area contributed by atoms with Gasteiger partial charge in [-0.1, -0.05) is 42.5 Å². The molecule has 2 aromatic carbocycles. The topological polar surface area (TPSA) is 74.0 Å². The Morgan fingerprint density at radius 3 is 2.46 bits per heavy atom. The van der Waals surface area contributed by atoms with E-state index in [0.29, 0.717) is 11.3 Å².